The van der Waals surface area contributed by atoms with Gasteiger partial charge >= 0.3 is 6.09 Å². The largest absolute Gasteiger partial charge is 0.465 e. The fraction of sp³-hybridized carbons (Fsp3) is 0.286. The van der Waals surface area contributed by atoms with Crippen LogP contribution in [-0.2, 0) is 4.79 Å². The van der Waals surface area contributed by atoms with Gasteiger partial charge in [0, 0.05) is 18.8 Å². The van der Waals surface area contributed by atoms with Crippen LogP contribution in [0.4, 0.5) is 10.5 Å². The third-order valence-corrected chi connectivity index (χ3v) is 3.09. The fourth-order valence-electron chi connectivity index (χ4n) is 2.05. The van der Waals surface area contributed by atoms with E-state index in [0.29, 0.717) is 18.8 Å². The molecule has 1 aromatic rings. The van der Waals surface area contributed by atoms with Crippen LogP contribution in [0.25, 0.3) is 0 Å². The topological polar surface area (TPSA) is 60.9 Å². The van der Waals surface area contributed by atoms with E-state index in [-0.39, 0.29) is 12.5 Å². The second kappa shape index (κ2) is 5.56. The number of likely N-dealkylation sites (tertiary alicyclic amines) is 1. The molecule has 1 aliphatic heterocycles. The number of hydrogen-bond acceptors (Lipinski definition) is 2. The van der Waals surface area contributed by atoms with Crippen LogP contribution >= 0.6 is 0 Å². The van der Waals surface area contributed by atoms with Gasteiger partial charge in [0.25, 0.3) is 0 Å². The maximum atomic E-state index is 12.1. The first-order valence-electron chi connectivity index (χ1n) is 6.08. The van der Waals surface area contributed by atoms with E-state index in [1.807, 2.05) is 0 Å². The SMILES string of the molecule is C=C1CCN(C(=O)CN(C(=O)O)c2ccccc2)C1. The van der Waals surface area contributed by atoms with Crippen molar-refractivity contribution in [2.45, 2.75) is 6.42 Å². The van der Waals surface area contributed by atoms with Crippen molar-refractivity contribution in [2.75, 3.05) is 24.5 Å². The van der Waals surface area contributed by atoms with Crippen LogP contribution in [0.15, 0.2) is 42.5 Å². The molecule has 19 heavy (non-hydrogen) atoms. The lowest BCUT2D eigenvalue weighted by atomic mass is 10.3. The first kappa shape index (κ1) is 13.1. The minimum Gasteiger partial charge on any atom is -0.465 e. The molecule has 1 aromatic carbocycles. The lowest BCUT2D eigenvalue weighted by molar-refractivity contribution is -0.128. The highest BCUT2D eigenvalue weighted by molar-refractivity contribution is 5.94. The Balaban J connectivity index is 2.07. The molecule has 5 nitrogen and oxygen atoms in total. The Morgan fingerprint density at radius 3 is 2.53 bits per heavy atom. The van der Waals surface area contributed by atoms with E-state index >= 15 is 0 Å². The number of nitrogens with zero attached hydrogens (tertiary/aromatic N) is 2. The van der Waals surface area contributed by atoms with E-state index in [1.54, 1.807) is 35.2 Å². The summed E-state index contributed by atoms with van der Waals surface area (Å²) < 4.78 is 0. The van der Waals surface area contributed by atoms with Gasteiger partial charge in [0.1, 0.15) is 6.54 Å². The lowest BCUT2D eigenvalue weighted by Gasteiger charge is -2.22. The van der Waals surface area contributed by atoms with Gasteiger partial charge in [-0.05, 0) is 18.6 Å². The fourth-order valence-corrected chi connectivity index (χ4v) is 2.05. The van der Waals surface area contributed by atoms with Crippen molar-refractivity contribution in [3.8, 4) is 0 Å². The molecule has 1 fully saturated rings. The van der Waals surface area contributed by atoms with Crippen LogP contribution in [-0.4, -0.2) is 41.6 Å². The zero-order valence-corrected chi connectivity index (χ0v) is 10.6. The minimum atomic E-state index is -1.13. The van der Waals surface area contributed by atoms with E-state index in [9.17, 15) is 14.7 Å². The summed E-state index contributed by atoms with van der Waals surface area (Å²) in [5.74, 6) is -0.190. The number of rotatable bonds is 3. The molecule has 1 heterocycles. The monoisotopic (exact) mass is 260 g/mol. The number of hydrogen-bond donors (Lipinski definition) is 1. The molecule has 0 atom stereocenters. The molecule has 5 heteroatoms. The molecule has 100 valence electrons. The van der Waals surface area contributed by atoms with Crippen molar-refractivity contribution in [2.24, 2.45) is 0 Å². The summed E-state index contributed by atoms with van der Waals surface area (Å²) in [5, 5.41) is 9.21. The van der Waals surface area contributed by atoms with E-state index < -0.39 is 6.09 Å². The number of carboxylic acid groups (broad SMARTS) is 1. The van der Waals surface area contributed by atoms with Crippen LogP contribution in [0, 0.1) is 0 Å². The molecule has 1 N–H and O–H groups in total. The van der Waals surface area contributed by atoms with E-state index in [4.69, 9.17) is 0 Å². The highest BCUT2D eigenvalue weighted by atomic mass is 16.4. The van der Waals surface area contributed by atoms with Gasteiger partial charge in [0.15, 0.2) is 0 Å². The standard InChI is InChI=1S/C14H16N2O3/c1-11-7-8-15(9-11)13(17)10-16(14(18)19)12-5-3-2-4-6-12/h2-6H,1,7-10H2,(H,18,19). The Hall–Kier alpha value is -2.30. The Bertz CT molecular complexity index is 499. The summed E-state index contributed by atoms with van der Waals surface area (Å²) in [5.41, 5.74) is 1.51. The third kappa shape index (κ3) is 3.13. The predicted octanol–water partition coefficient (Wildman–Crippen LogP) is 1.96. The Kier molecular flexibility index (Phi) is 3.85. The second-order valence-corrected chi connectivity index (χ2v) is 4.52. The molecule has 0 aromatic heterocycles. The second-order valence-electron chi connectivity index (χ2n) is 4.52. The van der Waals surface area contributed by atoms with Crippen LogP contribution < -0.4 is 4.90 Å². The molecule has 0 saturated carbocycles. The Morgan fingerprint density at radius 2 is 2.00 bits per heavy atom. The molecule has 0 spiro atoms. The van der Waals surface area contributed by atoms with Crippen molar-refractivity contribution in [1.29, 1.82) is 0 Å². The number of amides is 2. The average molecular weight is 260 g/mol. The summed E-state index contributed by atoms with van der Waals surface area (Å²) in [6.45, 7) is 4.83. The van der Waals surface area contributed by atoms with E-state index in [0.717, 1.165) is 16.9 Å². The van der Waals surface area contributed by atoms with Gasteiger partial charge in [-0.2, -0.15) is 0 Å². The van der Waals surface area contributed by atoms with Crippen LogP contribution in [0.5, 0.6) is 0 Å². The number of benzene rings is 1. The Labute approximate surface area is 111 Å². The summed E-state index contributed by atoms with van der Waals surface area (Å²) >= 11 is 0. The molecule has 0 radical (unpaired) electrons. The molecule has 0 unspecified atom stereocenters. The number of carbonyl (C=O) groups is 2. The first-order chi connectivity index (χ1) is 9.08. The highest BCUT2D eigenvalue weighted by Gasteiger charge is 2.25. The van der Waals surface area contributed by atoms with Gasteiger partial charge in [-0.25, -0.2) is 4.79 Å². The maximum Gasteiger partial charge on any atom is 0.412 e. The van der Waals surface area contributed by atoms with Crippen molar-refractivity contribution < 1.29 is 14.7 Å². The number of anilines is 1. The molecule has 2 amide bonds. The quantitative estimate of drug-likeness (QED) is 0.845. The number of carbonyl (C=O) groups excluding carboxylic acids is 1. The van der Waals surface area contributed by atoms with Crippen molar-refractivity contribution >= 4 is 17.7 Å². The van der Waals surface area contributed by atoms with Crippen LogP contribution in [0.2, 0.25) is 0 Å². The smallest absolute Gasteiger partial charge is 0.412 e. The zero-order valence-electron chi connectivity index (χ0n) is 10.6. The average Bonchev–Trinajstić information content (AvgIpc) is 2.83. The Morgan fingerprint density at radius 1 is 1.32 bits per heavy atom. The van der Waals surface area contributed by atoms with Crippen LogP contribution in [0.3, 0.4) is 0 Å². The molecule has 0 bridgehead atoms. The van der Waals surface area contributed by atoms with Gasteiger partial charge in [-0.3, -0.25) is 9.69 Å². The molecular formula is C14H16N2O3. The van der Waals surface area contributed by atoms with Gasteiger partial charge in [-0.15, -0.1) is 0 Å². The zero-order chi connectivity index (χ0) is 13.8. The van der Waals surface area contributed by atoms with Gasteiger partial charge in [-0.1, -0.05) is 30.4 Å². The normalized spacial score (nSPS) is 14.5. The van der Waals surface area contributed by atoms with Crippen molar-refractivity contribution in [3.05, 3.63) is 42.5 Å². The lowest BCUT2D eigenvalue weighted by Crippen LogP contribution is -2.41. The highest BCUT2D eigenvalue weighted by Crippen LogP contribution is 2.16. The van der Waals surface area contributed by atoms with E-state index in [2.05, 4.69) is 6.58 Å². The van der Waals surface area contributed by atoms with Crippen molar-refractivity contribution in [1.82, 2.24) is 4.90 Å². The summed E-state index contributed by atoms with van der Waals surface area (Å²) in [6.07, 6.45) is -0.331. The van der Waals surface area contributed by atoms with Crippen molar-refractivity contribution in [3.63, 3.8) is 0 Å². The predicted molar refractivity (Wildman–Crippen MR) is 72.1 cm³/mol. The van der Waals surface area contributed by atoms with Gasteiger partial charge in [0.2, 0.25) is 5.91 Å². The minimum absolute atomic E-state index is 0.160. The summed E-state index contributed by atoms with van der Waals surface area (Å²) in [7, 11) is 0. The number of para-hydroxylation sites is 1. The third-order valence-electron chi connectivity index (χ3n) is 3.09. The van der Waals surface area contributed by atoms with Gasteiger partial charge in [0.05, 0.1) is 0 Å². The maximum absolute atomic E-state index is 12.1. The van der Waals surface area contributed by atoms with Crippen LogP contribution in [0.1, 0.15) is 6.42 Å². The molecule has 1 saturated heterocycles. The molecular weight excluding hydrogens is 244 g/mol. The molecule has 1 aliphatic rings. The summed E-state index contributed by atoms with van der Waals surface area (Å²) in [4.78, 5) is 26.0. The molecule has 2 rings (SSSR count). The molecule has 0 aliphatic carbocycles. The first-order valence-corrected chi connectivity index (χ1v) is 6.08. The summed E-state index contributed by atoms with van der Waals surface area (Å²) in [6, 6.07) is 8.63. The van der Waals surface area contributed by atoms with Gasteiger partial charge < -0.3 is 10.0 Å². The van der Waals surface area contributed by atoms with E-state index in [1.165, 1.54) is 0 Å².